The molecule has 0 bridgehead atoms. The van der Waals surface area contributed by atoms with Gasteiger partial charge in [-0.15, -0.1) is 11.3 Å². The highest BCUT2D eigenvalue weighted by Crippen LogP contribution is 2.18. The van der Waals surface area contributed by atoms with E-state index in [2.05, 4.69) is 15.3 Å². The van der Waals surface area contributed by atoms with E-state index in [1.54, 1.807) is 18.5 Å². The second-order valence-corrected chi connectivity index (χ2v) is 4.40. The molecule has 0 spiro atoms. The van der Waals surface area contributed by atoms with Crippen molar-refractivity contribution in [2.75, 3.05) is 11.1 Å². The zero-order valence-corrected chi connectivity index (χ0v) is 9.41. The van der Waals surface area contributed by atoms with Crippen LogP contribution in [-0.4, -0.2) is 15.9 Å². The molecule has 2 rings (SSSR count). The third-order valence-electron chi connectivity index (χ3n) is 1.95. The zero-order valence-electron chi connectivity index (χ0n) is 8.60. The van der Waals surface area contributed by atoms with Crippen LogP contribution in [0.2, 0.25) is 0 Å². The lowest BCUT2D eigenvalue weighted by atomic mass is 10.3. The highest BCUT2D eigenvalue weighted by molar-refractivity contribution is 7.13. The van der Waals surface area contributed by atoms with E-state index < -0.39 is 0 Å². The highest BCUT2D eigenvalue weighted by atomic mass is 32.1. The normalized spacial score (nSPS) is 10.1. The van der Waals surface area contributed by atoms with Crippen molar-refractivity contribution in [3.8, 4) is 0 Å². The maximum atomic E-state index is 11.8. The molecule has 5 nitrogen and oxygen atoms in total. The minimum Gasteiger partial charge on any atom is -0.396 e. The number of nitrogen functional groups attached to an aromatic ring is 1. The van der Waals surface area contributed by atoms with Crippen molar-refractivity contribution in [1.82, 2.24) is 9.97 Å². The monoisotopic (exact) mass is 234 g/mol. The van der Waals surface area contributed by atoms with Crippen LogP contribution in [0.15, 0.2) is 24.7 Å². The van der Waals surface area contributed by atoms with Crippen molar-refractivity contribution in [3.63, 3.8) is 0 Å². The molecule has 0 aliphatic heterocycles. The SMILES string of the molecule is Cc1ncc(C(=O)Nc2ccncc2N)s1. The Morgan fingerprint density at radius 2 is 2.31 bits per heavy atom. The lowest BCUT2D eigenvalue weighted by Crippen LogP contribution is -2.11. The van der Waals surface area contributed by atoms with Gasteiger partial charge in [0.1, 0.15) is 4.88 Å². The summed E-state index contributed by atoms with van der Waals surface area (Å²) in [6.07, 6.45) is 4.62. The molecule has 2 aromatic rings. The first-order chi connectivity index (χ1) is 7.66. The average molecular weight is 234 g/mol. The Bertz CT molecular complexity index is 523. The fourth-order valence-corrected chi connectivity index (χ4v) is 1.84. The van der Waals surface area contributed by atoms with Gasteiger partial charge in [0.05, 0.1) is 28.8 Å². The second-order valence-electron chi connectivity index (χ2n) is 3.16. The molecule has 3 N–H and O–H groups in total. The van der Waals surface area contributed by atoms with E-state index in [1.807, 2.05) is 6.92 Å². The maximum absolute atomic E-state index is 11.8. The zero-order chi connectivity index (χ0) is 11.5. The number of amides is 1. The molecule has 0 aliphatic rings. The molecule has 0 unspecified atom stereocenters. The van der Waals surface area contributed by atoms with Crippen molar-refractivity contribution >= 4 is 28.6 Å². The summed E-state index contributed by atoms with van der Waals surface area (Å²) in [6.45, 7) is 1.85. The van der Waals surface area contributed by atoms with Crippen LogP contribution in [0.25, 0.3) is 0 Å². The van der Waals surface area contributed by atoms with Gasteiger partial charge in [-0.25, -0.2) is 4.98 Å². The van der Waals surface area contributed by atoms with Crippen molar-refractivity contribution in [3.05, 3.63) is 34.5 Å². The van der Waals surface area contributed by atoms with Crippen LogP contribution in [0.3, 0.4) is 0 Å². The smallest absolute Gasteiger partial charge is 0.267 e. The number of anilines is 2. The summed E-state index contributed by atoms with van der Waals surface area (Å²) in [7, 11) is 0. The molecule has 0 atom stereocenters. The Hall–Kier alpha value is -1.95. The lowest BCUT2D eigenvalue weighted by Gasteiger charge is -2.05. The number of hydrogen-bond acceptors (Lipinski definition) is 5. The standard InChI is InChI=1S/C10H10N4OS/c1-6-13-5-9(16-6)10(15)14-8-2-3-12-4-7(8)11/h2-5H,11H2,1H3,(H,12,14,15). The number of aryl methyl sites for hydroxylation is 1. The molecule has 16 heavy (non-hydrogen) atoms. The van der Waals surface area contributed by atoms with Gasteiger partial charge >= 0.3 is 0 Å². The summed E-state index contributed by atoms with van der Waals surface area (Å²) in [5.74, 6) is -0.205. The summed E-state index contributed by atoms with van der Waals surface area (Å²) >= 11 is 1.34. The molecule has 6 heteroatoms. The van der Waals surface area contributed by atoms with Crippen LogP contribution in [0, 0.1) is 6.92 Å². The summed E-state index contributed by atoms with van der Waals surface area (Å²) < 4.78 is 0. The lowest BCUT2D eigenvalue weighted by molar-refractivity contribution is 0.103. The largest absolute Gasteiger partial charge is 0.396 e. The van der Waals surface area contributed by atoms with Crippen molar-refractivity contribution in [2.24, 2.45) is 0 Å². The first-order valence-electron chi connectivity index (χ1n) is 4.60. The fraction of sp³-hybridized carbons (Fsp3) is 0.100. The van der Waals surface area contributed by atoms with Gasteiger partial charge in [-0.3, -0.25) is 9.78 Å². The van der Waals surface area contributed by atoms with E-state index in [1.165, 1.54) is 17.5 Å². The molecule has 0 radical (unpaired) electrons. The number of rotatable bonds is 2. The minimum atomic E-state index is -0.205. The number of aromatic nitrogens is 2. The van der Waals surface area contributed by atoms with Gasteiger partial charge in [-0.1, -0.05) is 0 Å². The summed E-state index contributed by atoms with van der Waals surface area (Å²) in [6, 6.07) is 1.65. The molecule has 82 valence electrons. The number of nitrogens with one attached hydrogen (secondary N) is 1. The number of nitrogens with two attached hydrogens (primary N) is 1. The van der Waals surface area contributed by atoms with Gasteiger partial charge in [0.25, 0.3) is 5.91 Å². The number of carbonyl (C=O) groups is 1. The van der Waals surface area contributed by atoms with E-state index in [0.29, 0.717) is 16.3 Å². The molecule has 2 aromatic heterocycles. The third-order valence-corrected chi connectivity index (χ3v) is 2.86. The Morgan fingerprint density at radius 3 is 2.94 bits per heavy atom. The van der Waals surface area contributed by atoms with Crippen molar-refractivity contribution in [2.45, 2.75) is 6.92 Å². The quantitative estimate of drug-likeness (QED) is 0.828. The molecule has 0 aliphatic carbocycles. The van der Waals surface area contributed by atoms with Gasteiger partial charge in [-0.2, -0.15) is 0 Å². The molecule has 0 fully saturated rings. The van der Waals surface area contributed by atoms with Gasteiger partial charge in [0, 0.05) is 6.20 Å². The van der Waals surface area contributed by atoms with Gasteiger partial charge in [0.2, 0.25) is 0 Å². The molecule has 2 heterocycles. The van der Waals surface area contributed by atoms with Crippen LogP contribution < -0.4 is 11.1 Å². The van der Waals surface area contributed by atoms with Crippen LogP contribution in [0.1, 0.15) is 14.7 Å². The summed E-state index contributed by atoms with van der Waals surface area (Å²) in [4.78, 5) is 20.2. The Balaban J connectivity index is 2.17. The number of hydrogen-bond donors (Lipinski definition) is 2. The highest BCUT2D eigenvalue weighted by Gasteiger charge is 2.10. The van der Waals surface area contributed by atoms with E-state index in [9.17, 15) is 4.79 Å². The first kappa shape index (κ1) is 10.6. The van der Waals surface area contributed by atoms with Gasteiger partial charge < -0.3 is 11.1 Å². The minimum absolute atomic E-state index is 0.205. The topological polar surface area (TPSA) is 80.9 Å². The second kappa shape index (κ2) is 4.28. The van der Waals surface area contributed by atoms with Crippen molar-refractivity contribution < 1.29 is 4.79 Å². The van der Waals surface area contributed by atoms with Crippen molar-refractivity contribution in [1.29, 1.82) is 0 Å². The van der Waals surface area contributed by atoms with E-state index in [4.69, 9.17) is 5.73 Å². The predicted molar refractivity (Wildman–Crippen MR) is 63.5 cm³/mol. The molecule has 1 amide bonds. The molecular weight excluding hydrogens is 224 g/mol. The van der Waals surface area contributed by atoms with Crippen LogP contribution in [0.5, 0.6) is 0 Å². The summed E-state index contributed by atoms with van der Waals surface area (Å²) in [5, 5.41) is 3.56. The number of carbonyl (C=O) groups excluding carboxylic acids is 1. The Kier molecular flexibility index (Phi) is 2.82. The maximum Gasteiger partial charge on any atom is 0.267 e. The summed E-state index contributed by atoms with van der Waals surface area (Å²) in [5.41, 5.74) is 6.67. The van der Waals surface area contributed by atoms with Crippen LogP contribution in [0.4, 0.5) is 11.4 Å². The average Bonchev–Trinajstić information content (AvgIpc) is 2.68. The molecule has 0 saturated heterocycles. The van der Waals surface area contributed by atoms with E-state index in [0.717, 1.165) is 5.01 Å². The van der Waals surface area contributed by atoms with Gasteiger partial charge in [-0.05, 0) is 13.0 Å². The first-order valence-corrected chi connectivity index (χ1v) is 5.42. The molecule has 0 aromatic carbocycles. The predicted octanol–water partition coefficient (Wildman–Crippen LogP) is 1.68. The van der Waals surface area contributed by atoms with Crippen LogP contribution in [-0.2, 0) is 0 Å². The van der Waals surface area contributed by atoms with E-state index in [-0.39, 0.29) is 5.91 Å². The van der Waals surface area contributed by atoms with Gasteiger partial charge in [0.15, 0.2) is 0 Å². The fourth-order valence-electron chi connectivity index (χ4n) is 1.17. The third kappa shape index (κ3) is 2.17. The van der Waals surface area contributed by atoms with Crippen LogP contribution >= 0.6 is 11.3 Å². The number of pyridine rings is 1. The Morgan fingerprint density at radius 1 is 1.50 bits per heavy atom. The molecule has 0 saturated carbocycles. The molecular formula is C10H10N4OS. The Labute approximate surface area is 96.3 Å². The van der Waals surface area contributed by atoms with E-state index >= 15 is 0 Å². The number of nitrogens with zero attached hydrogens (tertiary/aromatic N) is 2. The number of thiazole rings is 1.